The molecule has 1 fully saturated rings. The van der Waals surface area contributed by atoms with Crippen LogP contribution in [0.5, 0.6) is 0 Å². The first-order chi connectivity index (χ1) is 14.9. The summed E-state index contributed by atoms with van der Waals surface area (Å²) in [6.45, 7) is 6.44. The van der Waals surface area contributed by atoms with Crippen LogP contribution in [-0.2, 0) is 4.79 Å². The molecular formula is C22H24ClN5O2S. The fraction of sp³-hybridized carbons (Fsp3) is 0.364. The zero-order valence-corrected chi connectivity index (χ0v) is 19.0. The third kappa shape index (κ3) is 4.80. The van der Waals surface area contributed by atoms with E-state index in [0.29, 0.717) is 36.8 Å². The van der Waals surface area contributed by atoms with Gasteiger partial charge in [0.2, 0.25) is 5.91 Å². The van der Waals surface area contributed by atoms with Crippen molar-refractivity contribution in [3.63, 3.8) is 0 Å². The Kier molecular flexibility index (Phi) is 6.38. The van der Waals surface area contributed by atoms with Gasteiger partial charge < -0.3 is 15.1 Å². The second-order valence-corrected chi connectivity index (χ2v) is 9.23. The van der Waals surface area contributed by atoms with Crippen LogP contribution in [-0.4, -0.2) is 58.9 Å². The van der Waals surface area contributed by atoms with E-state index in [1.165, 1.54) is 0 Å². The van der Waals surface area contributed by atoms with E-state index in [1.54, 1.807) is 41.8 Å². The van der Waals surface area contributed by atoms with Gasteiger partial charge in [-0.2, -0.15) is 0 Å². The maximum absolute atomic E-state index is 13.2. The van der Waals surface area contributed by atoms with Crippen molar-refractivity contribution in [2.45, 2.75) is 19.9 Å². The molecule has 1 aliphatic rings. The molecule has 1 N–H and O–H groups in total. The molecule has 3 heterocycles. The van der Waals surface area contributed by atoms with Gasteiger partial charge in [-0.15, -0.1) is 0 Å². The summed E-state index contributed by atoms with van der Waals surface area (Å²) in [5.74, 6) is -0.357. The topological polar surface area (TPSA) is 78.4 Å². The summed E-state index contributed by atoms with van der Waals surface area (Å²) in [6, 6.07) is 9.90. The number of pyridine rings is 1. The molecule has 1 aromatic carbocycles. The minimum Gasteiger partial charge on any atom is -0.344 e. The van der Waals surface area contributed by atoms with Crippen LogP contribution in [0.3, 0.4) is 0 Å². The smallest absolute Gasteiger partial charge is 0.251 e. The molecule has 0 saturated carbocycles. The predicted molar refractivity (Wildman–Crippen MR) is 124 cm³/mol. The van der Waals surface area contributed by atoms with Gasteiger partial charge in [-0.05, 0) is 42.3 Å². The second-order valence-electron chi connectivity index (χ2n) is 7.84. The lowest BCUT2D eigenvalue weighted by Crippen LogP contribution is -2.56. The minimum atomic E-state index is -0.582. The fourth-order valence-corrected chi connectivity index (χ4v) is 4.63. The highest BCUT2D eigenvalue weighted by molar-refractivity contribution is 7.21. The second kappa shape index (κ2) is 9.20. The van der Waals surface area contributed by atoms with Crippen molar-refractivity contribution >= 4 is 50.2 Å². The average molecular weight is 458 g/mol. The molecule has 0 spiro atoms. The molecule has 4 rings (SSSR count). The van der Waals surface area contributed by atoms with Crippen molar-refractivity contribution in [3.05, 3.63) is 53.2 Å². The lowest BCUT2D eigenvalue weighted by Gasteiger charge is -2.37. The summed E-state index contributed by atoms with van der Waals surface area (Å²) in [6.07, 6.45) is 1.77. The Bertz CT molecular complexity index is 1040. The number of amides is 2. The molecule has 0 aliphatic carbocycles. The number of hydrogen-bond acceptors (Lipinski definition) is 6. The SMILES string of the molecule is CC(C)C(NC(=O)c1ccc(Cl)cc1)C(=O)N1CCN(c2nc3cccnc3s2)CC1. The summed E-state index contributed by atoms with van der Waals surface area (Å²) in [7, 11) is 0. The Hall–Kier alpha value is -2.71. The van der Waals surface area contributed by atoms with Crippen molar-refractivity contribution in [1.82, 2.24) is 20.2 Å². The maximum Gasteiger partial charge on any atom is 0.251 e. The van der Waals surface area contributed by atoms with E-state index in [9.17, 15) is 9.59 Å². The molecule has 0 radical (unpaired) electrons. The Labute approximate surface area is 190 Å². The summed E-state index contributed by atoms with van der Waals surface area (Å²) in [5, 5.41) is 4.40. The van der Waals surface area contributed by atoms with Crippen molar-refractivity contribution in [1.29, 1.82) is 0 Å². The third-order valence-electron chi connectivity index (χ3n) is 5.34. The number of nitrogens with one attached hydrogen (secondary N) is 1. The van der Waals surface area contributed by atoms with Gasteiger partial charge in [0.15, 0.2) is 5.13 Å². The standard InChI is InChI=1S/C22H24ClN5O2S/c1-14(2)18(26-19(29)15-5-7-16(23)8-6-15)21(30)27-10-12-28(13-11-27)22-25-17-4-3-9-24-20(17)31-22/h3-9,14,18H,10-13H2,1-2H3,(H,26,29). The molecule has 1 unspecified atom stereocenters. The molecule has 7 nitrogen and oxygen atoms in total. The summed E-state index contributed by atoms with van der Waals surface area (Å²) >= 11 is 7.47. The number of aromatic nitrogens is 2. The summed E-state index contributed by atoms with van der Waals surface area (Å²) in [5.41, 5.74) is 1.38. The van der Waals surface area contributed by atoms with Crippen LogP contribution in [0.2, 0.25) is 5.02 Å². The van der Waals surface area contributed by atoms with Crippen LogP contribution in [0, 0.1) is 5.92 Å². The summed E-state index contributed by atoms with van der Waals surface area (Å²) < 4.78 is 0. The van der Waals surface area contributed by atoms with Crippen molar-refractivity contribution in [2.75, 3.05) is 31.1 Å². The van der Waals surface area contributed by atoms with Gasteiger partial charge in [0, 0.05) is 43.0 Å². The van der Waals surface area contributed by atoms with Gasteiger partial charge in [0.1, 0.15) is 16.4 Å². The van der Waals surface area contributed by atoms with Crippen molar-refractivity contribution in [2.24, 2.45) is 5.92 Å². The molecular weight excluding hydrogens is 434 g/mol. The molecule has 162 valence electrons. The van der Waals surface area contributed by atoms with Gasteiger partial charge in [0.05, 0.1) is 0 Å². The molecule has 1 aliphatic heterocycles. The summed E-state index contributed by atoms with van der Waals surface area (Å²) in [4.78, 5) is 39.8. The lowest BCUT2D eigenvalue weighted by atomic mass is 10.0. The average Bonchev–Trinajstić information content (AvgIpc) is 3.21. The number of hydrogen-bond donors (Lipinski definition) is 1. The molecule has 0 bridgehead atoms. The zero-order chi connectivity index (χ0) is 22.0. The Morgan fingerprint density at radius 3 is 2.45 bits per heavy atom. The normalized spacial score (nSPS) is 15.4. The quantitative estimate of drug-likeness (QED) is 0.634. The van der Waals surface area contributed by atoms with Crippen molar-refractivity contribution in [3.8, 4) is 0 Å². The van der Waals surface area contributed by atoms with Crippen LogP contribution >= 0.6 is 22.9 Å². The number of carbonyl (C=O) groups excluding carboxylic acids is 2. The van der Waals surface area contributed by atoms with E-state index in [2.05, 4.69) is 20.2 Å². The highest BCUT2D eigenvalue weighted by Gasteiger charge is 2.31. The van der Waals surface area contributed by atoms with Crippen LogP contribution < -0.4 is 10.2 Å². The van der Waals surface area contributed by atoms with Crippen molar-refractivity contribution < 1.29 is 9.59 Å². The minimum absolute atomic E-state index is 0.0304. The van der Waals surface area contributed by atoms with Gasteiger partial charge >= 0.3 is 0 Å². The van der Waals surface area contributed by atoms with Gasteiger partial charge in [-0.3, -0.25) is 9.59 Å². The Morgan fingerprint density at radius 2 is 1.81 bits per heavy atom. The molecule has 1 saturated heterocycles. The van der Waals surface area contributed by atoms with Gasteiger partial charge in [0.25, 0.3) is 5.91 Å². The molecule has 2 aromatic heterocycles. The fourth-order valence-electron chi connectivity index (χ4n) is 3.55. The third-order valence-corrected chi connectivity index (χ3v) is 6.63. The van der Waals surface area contributed by atoms with Crippen LogP contribution in [0.25, 0.3) is 10.3 Å². The number of thiazole rings is 1. The zero-order valence-electron chi connectivity index (χ0n) is 17.4. The monoisotopic (exact) mass is 457 g/mol. The van der Waals surface area contributed by atoms with Crippen LogP contribution in [0.15, 0.2) is 42.6 Å². The number of carbonyl (C=O) groups is 2. The lowest BCUT2D eigenvalue weighted by molar-refractivity contribution is -0.134. The highest BCUT2D eigenvalue weighted by atomic mass is 35.5. The maximum atomic E-state index is 13.2. The molecule has 2 amide bonds. The number of benzene rings is 1. The van der Waals surface area contributed by atoms with Crippen LogP contribution in [0.1, 0.15) is 24.2 Å². The predicted octanol–water partition coefficient (Wildman–Crippen LogP) is 3.45. The first-order valence-electron chi connectivity index (χ1n) is 10.2. The number of halogens is 1. The van der Waals surface area contributed by atoms with E-state index in [0.717, 1.165) is 15.5 Å². The van der Waals surface area contributed by atoms with Crippen LogP contribution in [0.4, 0.5) is 5.13 Å². The number of anilines is 1. The Balaban J connectivity index is 1.39. The number of rotatable bonds is 5. The first-order valence-corrected chi connectivity index (χ1v) is 11.4. The number of fused-ring (bicyclic) bond motifs is 1. The van der Waals surface area contributed by atoms with E-state index >= 15 is 0 Å². The van der Waals surface area contributed by atoms with Gasteiger partial charge in [-0.1, -0.05) is 36.8 Å². The first kappa shape index (κ1) is 21.5. The molecule has 9 heteroatoms. The molecule has 3 aromatic rings. The van der Waals surface area contributed by atoms with Gasteiger partial charge in [-0.25, -0.2) is 9.97 Å². The van der Waals surface area contributed by atoms with E-state index in [-0.39, 0.29) is 17.7 Å². The number of nitrogens with zero attached hydrogens (tertiary/aromatic N) is 4. The van der Waals surface area contributed by atoms with E-state index < -0.39 is 6.04 Å². The molecule has 1 atom stereocenters. The number of piperazine rings is 1. The largest absolute Gasteiger partial charge is 0.344 e. The Morgan fingerprint density at radius 1 is 1.10 bits per heavy atom. The highest BCUT2D eigenvalue weighted by Crippen LogP contribution is 2.27. The molecule has 31 heavy (non-hydrogen) atoms. The van der Waals surface area contributed by atoms with E-state index in [1.807, 2.05) is 30.9 Å². The van der Waals surface area contributed by atoms with E-state index in [4.69, 9.17) is 11.6 Å².